The van der Waals surface area contributed by atoms with E-state index in [1.54, 1.807) is 29.2 Å². The zero-order valence-corrected chi connectivity index (χ0v) is 14.3. The molecule has 4 heterocycles. The highest BCUT2D eigenvalue weighted by molar-refractivity contribution is 5.98. The van der Waals surface area contributed by atoms with Crippen molar-refractivity contribution in [3.05, 3.63) is 60.6 Å². The van der Waals surface area contributed by atoms with E-state index in [4.69, 9.17) is 9.15 Å². The maximum atomic E-state index is 9.87. The first-order valence-electron chi connectivity index (χ1n) is 8.65. The number of aromatic nitrogens is 3. The maximum absolute atomic E-state index is 9.87. The number of ether oxygens (including phenoxy) is 1. The number of hydrogen-bond acceptors (Lipinski definition) is 6. The molecule has 0 saturated carbocycles. The number of pyridine rings is 1. The van der Waals surface area contributed by atoms with E-state index >= 15 is 0 Å². The Bertz CT molecular complexity index is 1190. The van der Waals surface area contributed by atoms with Crippen LogP contribution in [0.25, 0.3) is 28.1 Å². The Morgan fingerprint density at radius 1 is 1.26 bits per heavy atom. The molecule has 4 aromatic rings. The van der Waals surface area contributed by atoms with Crippen LogP contribution in [0.1, 0.15) is 12.0 Å². The molecule has 7 nitrogen and oxygen atoms in total. The molecule has 0 saturated heterocycles. The number of rotatable bonds is 4. The minimum Gasteiger partial charge on any atom is -0.496 e. The van der Waals surface area contributed by atoms with Crippen LogP contribution in [0.2, 0.25) is 0 Å². The Morgan fingerprint density at radius 3 is 2.96 bits per heavy atom. The van der Waals surface area contributed by atoms with Gasteiger partial charge in [-0.1, -0.05) is 18.2 Å². The molecule has 1 aliphatic rings. The number of furan rings is 1. The van der Waals surface area contributed by atoms with Gasteiger partial charge in [0.05, 0.1) is 30.3 Å². The van der Waals surface area contributed by atoms with Gasteiger partial charge in [0.1, 0.15) is 17.7 Å². The van der Waals surface area contributed by atoms with Crippen molar-refractivity contribution in [2.24, 2.45) is 0 Å². The second-order valence-electron chi connectivity index (χ2n) is 6.27. The first-order chi connectivity index (χ1) is 13.3. The molecular weight excluding hydrogens is 342 g/mol. The van der Waals surface area contributed by atoms with Crippen molar-refractivity contribution in [3.63, 3.8) is 0 Å². The number of benzene rings is 1. The molecule has 27 heavy (non-hydrogen) atoms. The molecule has 1 aromatic carbocycles. The highest BCUT2D eigenvalue weighted by Crippen LogP contribution is 2.31. The van der Waals surface area contributed by atoms with Crippen molar-refractivity contribution >= 4 is 22.2 Å². The van der Waals surface area contributed by atoms with Gasteiger partial charge in [-0.25, -0.2) is 9.50 Å². The summed E-state index contributed by atoms with van der Waals surface area (Å²) in [5, 5.41) is 18.7. The van der Waals surface area contributed by atoms with Gasteiger partial charge < -0.3 is 14.5 Å². The summed E-state index contributed by atoms with van der Waals surface area (Å²) < 4.78 is 12.6. The lowest BCUT2D eigenvalue weighted by Gasteiger charge is -2.16. The molecule has 5 rings (SSSR count). The maximum Gasteiger partial charge on any atom is 0.217 e. The van der Waals surface area contributed by atoms with Crippen LogP contribution in [0.4, 0.5) is 5.69 Å². The Labute approximate surface area is 154 Å². The van der Waals surface area contributed by atoms with Gasteiger partial charge in [0.15, 0.2) is 11.4 Å². The fourth-order valence-electron chi connectivity index (χ4n) is 3.33. The predicted octanol–water partition coefficient (Wildman–Crippen LogP) is 3.73. The molecule has 132 valence electrons. The van der Waals surface area contributed by atoms with E-state index in [0.717, 1.165) is 23.0 Å². The highest BCUT2D eigenvalue weighted by atomic mass is 16.5. The molecule has 0 fully saturated rings. The van der Waals surface area contributed by atoms with Crippen LogP contribution in [-0.2, 0) is 4.74 Å². The molecule has 0 aliphatic carbocycles. The lowest BCUT2D eigenvalue weighted by atomic mass is 10.1. The summed E-state index contributed by atoms with van der Waals surface area (Å²) in [5.74, 6) is 1.01. The molecule has 7 heteroatoms. The molecule has 1 aliphatic heterocycles. The minimum atomic E-state index is 0.0584. The molecule has 0 amide bonds. The molecule has 3 aromatic heterocycles. The fraction of sp³-hybridized carbons (Fsp3) is 0.150. The summed E-state index contributed by atoms with van der Waals surface area (Å²) in [6, 6.07) is 13.7. The zero-order valence-electron chi connectivity index (χ0n) is 14.3. The average Bonchev–Trinajstić information content (AvgIpc) is 3.47. The van der Waals surface area contributed by atoms with E-state index in [1.165, 1.54) is 0 Å². The molecular formula is C20H15N5O2. The smallest absolute Gasteiger partial charge is 0.217 e. The van der Waals surface area contributed by atoms with Crippen LogP contribution >= 0.6 is 0 Å². The van der Waals surface area contributed by atoms with E-state index in [0.29, 0.717) is 29.3 Å². The van der Waals surface area contributed by atoms with Crippen molar-refractivity contribution in [1.29, 1.82) is 5.26 Å². The average molecular weight is 357 g/mol. The van der Waals surface area contributed by atoms with Gasteiger partial charge in [-0.05, 0) is 24.3 Å². The zero-order chi connectivity index (χ0) is 18.2. The molecule has 0 spiro atoms. The summed E-state index contributed by atoms with van der Waals surface area (Å²) in [6.07, 6.45) is 6.19. The Morgan fingerprint density at radius 2 is 2.19 bits per heavy atom. The monoisotopic (exact) mass is 357 g/mol. The number of anilines is 1. The highest BCUT2D eigenvalue weighted by Gasteiger charge is 2.20. The Balaban J connectivity index is 1.70. The van der Waals surface area contributed by atoms with Crippen molar-refractivity contribution < 1.29 is 9.15 Å². The molecule has 0 bridgehead atoms. The van der Waals surface area contributed by atoms with Crippen LogP contribution in [0.15, 0.2) is 59.4 Å². The number of nitrogens with one attached hydrogen (secondary N) is 1. The summed E-state index contributed by atoms with van der Waals surface area (Å²) in [5.41, 5.74) is 2.56. The topological polar surface area (TPSA) is 88.4 Å². The number of nitrogens with zero attached hydrogens (tertiary/aromatic N) is 4. The van der Waals surface area contributed by atoms with Crippen LogP contribution in [0, 0.1) is 11.3 Å². The number of fused-ring (bicyclic) bond motifs is 3. The third-order valence-corrected chi connectivity index (χ3v) is 4.61. The normalized spacial score (nSPS) is 15.9. The van der Waals surface area contributed by atoms with Crippen LogP contribution in [-0.4, -0.2) is 27.2 Å². The fourth-order valence-corrected chi connectivity index (χ4v) is 3.33. The third kappa shape index (κ3) is 2.50. The minimum absolute atomic E-state index is 0.0584. The largest absolute Gasteiger partial charge is 0.496 e. The van der Waals surface area contributed by atoms with Crippen LogP contribution in [0.3, 0.4) is 0 Å². The van der Waals surface area contributed by atoms with Crippen molar-refractivity contribution in [2.45, 2.75) is 12.5 Å². The van der Waals surface area contributed by atoms with Crippen LogP contribution in [0.5, 0.6) is 0 Å². The quantitative estimate of drug-likeness (QED) is 0.599. The first kappa shape index (κ1) is 15.5. The number of hydrogen-bond donors (Lipinski definition) is 1. The van der Waals surface area contributed by atoms with Gasteiger partial charge in [-0.2, -0.15) is 5.26 Å². The lowest BCUT2D eigenvalue weighted by Crippen LogP contribution is -2.19. The standard InChI is InChI=1S/C20H15N5O2/c21-11-15-18(22-12-13-5-3-9-26-13)14-6-1-2-7-16(14)25-20(15)23-19(24-25)17-8-4-10-27-17/h1-4,6-10,13,22H,5,12H2. The van der Waals surface area contributed by atoms with Gasteiger partial charge in [0.25, 0.3) is 0 Å². The Hall–Kier alpha value is -3.79. The van der Waals surface area contributed by atoms with Gasteiger partial charge in [0, 0.05) is 11.8 Å². The molecule has 1 unspecified atom stereocenters. The van der Waals surface area contributed by atoms with Crippen molar-refractivity contribution in [1.82, 2.24) is 14.6 Å². The SMILES string of the molecule is N#Cc1c(NCC2CC=CO2)c2ccccc2n2nc(-c3ccco3)nc12. The summed E-state index contributed by atoms with van der Waals surface area (Å²) >= 11 is 0. The van der Waals surface area contributed by atoms with Gasteiger partial charge in [-0.3, -0.25) is 0 Å². The van der Waals surface area contributed by atoms with E-state index in [-0.39, 0.29) is 6.10 Å². The number of para-hydroxylation sites is 1. The second kappa shape index (κ2) is 6.18. The van der Waals surface area contributed by atoms with Gasteiger partial charge in [0.2, 0.25) is 5.82 Å². The van der Waals surface area contributed by atoms with E-state index in [1.807, 2.05) is 30.3 Å². The Kier molecular flexibility index (Phi) is 3.54. The van der Waals surface area contributed by atoms with Crippen LogP contribution < -0.4 is 5.32 Å². The predicted molar refractivity (Wildman–Crippen MR) is 100 cm³/mol. The van der Waals surface area contributed by atoms with Crippen molar-refractivity contribution in [2.75, 3.05) is 11.9 Å². The van der Waals surface area contributed by atoms with Gasteiger partial charge in [-0.15, -0.1) is 5.10 Å². The number of nitriles is 1. The molecule has 1 atom stereocenters. The second-order valence-corrected chi connectivity index (χ2v) is 6.27. The van der Waals surface area contributed by atoms with Crippen molar-refractivity contribution in [3.8, 4) is 17.7 Å². The lowest BCUT2D eigenvalue weighted by molar-refractivity contribution is 0.182. The first-order valence-corrected chi connectivity index (χ1v) is 8.65. The summed E-state index contributed by atoms with van der Waals surface area (Å²) in [4.78, 5) is 4.57. The summed E-state index contributed by atoms with van der Waals surface area (Å²) in [7, 11) is 0. The van der Waals surface area contributed by atoms with E-state index in [9.17, 15) is 5.26 Å². The summed E-state index contributed by atoms with van der Waals surface area (Å²) in [6.45, 7) is 0.598. The van der Waals surface area contributed by atoms with E-state index in [2.05, 4.69) is 21.5 Å². The molecule has 1 N–H and O–H groups in total. The van der Waals surface area contributed by atoms with E-state index < -0.39 is 0 Å². The van der Waals surface area contributed by atoms with Gasteiger partial charge >= 0.3 is 0 Å². The molecule has 0 radical (unpaired) electrons. The third-order valence-electron chi connectivity index (χ3n) is 4.61.